The maximum atomic E-state index is 12.3. The summed E-state index contributed by atoms with van der Waals surface area (Å²) in [5, 5.41) is 14.3. The second-order valence-electron chi connectivity index (χ2n) is 4.51. The van der Waals surface area contributed by atoms with E-state index in [-0.39, 0.29) is 27.9 Å². The van der Waals surface area contributed by atoms with Gasteiger partial charge >= 0.3 is 0 Å². The van der Waals surface area contributed by atoms with E-state index in [0.717, 1.165) is 6.42 Å². The lowest BCUT2D eigenvalue weighted by atomic mass is 10.1. The van der Waals surface area contributed by atoms with E-state index >= 15 is 0 Å². The number of nitro benzene ring substituents is 1. The molecule has 0 spiro atoms. The number of rotatable bonds is 7. The Balaban J connectivity index is 3.26. The van der Waals surface area contributed by atoms with Crippen molar-refractivity contribution in [3.8, 4) is 0 Å². The second-order valence-corrected chi connectivity index (χ2v) is 4.92. The molecule has 0 heterocycles. The molecule has 0 aromatic heterocycles. The van der Waals surface area contributed by atoms with Gasteiger partial charge in [0, 0.05) is 31.3 Å². The van der Waals surface area contributed by atoms with Crippen LogP contribution in [0.25, 0.3) is 0 Å². The lowest BCUT2D eigenvalue weighted by molar-refractivity contribution is -0.384. The van der Waals surface area contributed by atoms with Gasteiger partial charge in [0.25, 0.3) is 11.6 Å². The minimum atomic E-state index is -0.525. The lowest BCUT2D eigenvalue weighted by Crippen LogP contribution is -2.30. The summed E-state index contributed by atoms with van der Waals surface area (Å²) in [5.41, 5.74) is 0.323. The van der Waals surface area contributed by atoms with E-state index in [0.29, 0.717) is 19.6 Å². The summed E-state index contributed by atoms with van der Waals surface area (Å²) in [6.45, 7) is 7.31. The highest BCUT2D eigenvalue weighted by atomic mass is 35.5. The van der Waals surface area contributed by atoms with E-state index < -0.39 is 4.92 Å². The molecule has 21 heavy (non-hydrogen) atoms. The van der Waals surface area contributed by atoms with Crippen molar-refractivity contribution in [2.75, 3.05) is 25.0 Å². The number of carbonyl (C=O) groups excluding carboxylic acids is 1. The van der Waals surface area contributed by atoms with Crippen LogP contribution in [0.5, 0.6) is 0 Å². The maximum Gasteiger partial charge on any atom is 0.294 e. The number of hydrogen-bond donors (Lipinski definition) is 1. The Bertz CT molecular complexity index is 530. The fraction of sp³-hybridized carbons (Fsp3) is 0.500. The summed E-state index contributed by atoms with van der Waals surface area (Å²) < 4.78 is 0. The van der Waals surface area contributed by atoms with Gasteiger partial charge in [-0.25, -0.2) is 0 Å². The SMILES string of the molecule is CCCNc1c(Cl)cc(C(=O)N(CC)CC)cc1[N+](=O)[O-]. The molecule has 7 heteroatoms. The summed E-state index contributed by atoms with van der Waals surface area (Å²) in [6.07, 6.45) is 0.813. The van der Waals surface area contributed by atoms with Crippen LogP contribution in [-0.2, 0) is 0 Å². The van der Waals surface area contributed by atoms with Crippen molar-refractivity contribution in [1.82, 2.24) is 4.90 Å². The first-order chi connectivity index (χ1) is 9.96. The molecule has 1 rings (SSSR count). The van der Waals surface area contributed by atoms with E-state index in [1.807, 2.05) is 20.8 Å². The van der Waals surface area contributed by atoms with Gasteiger partial charge in [0.2, 0.25) is 0 Å². The van der Waals surface area contributed by atoms with E-state index in [9.17, 15) is 14.9 Å². The van der Waals surface area contributed by atoms with Crippen molar-refractivity contribution in [3.63, 3.8) is 0 Å². The normalized spacial score (nSPS) is 10.3. The van der Waals surface area contributed by atoms with Crippen LogP contribution in [0.15, 0.2) is 12.1 Å². The first-order valence-electron chi connectivity index (χ1n) is 6.97. The molecular weight excluding hydrogens is 294 g/mol. The van der Waals surface area contributed by atoms with Crippen molar-refractivity contribution in [3.05, 3.63) is 32.8 Å². The molecule has 0 bridgehead atoms. The lowest BCUT2D eigenvalue weighted by Gasteiger charge is -2.19. The van der Waals surface area contributed by atoms with Gasteiger partial charge in [-0.15, -0.1) is 0 Å². The average molecular weight is 314 g/mol. The molecule has 0 aliphatic rings. The first kappa shape index (κ1) is 17.2. The Kier molecular flexibility index (Phi) is 6.42. The summed E-state index contributed by atoms with van der Waals surface area (Å²) >= 11 is 6.11. The second kappa shape index (κ2) is 7.83. The molecule has 6 nitrogen and oxygen atoms in total. The predicted octanol–water partition coefficient (Wildman–Crippen LogP) is 3.55. The van der Waals surface area contributed by atoms with Crippen molar-refractivity contribution < 1.29 is 9.72 Å². The summed E-state index contributed by atoms with van der Waals surface area (Å²) in [4.78, 5) is 24.6. The number of amides is 1. The number of nitrogens with one attached hydrogen (secondary N) is 1. The number of nitro groups is 1. The molecule has 0 saturated carbocycles. The molecule has 1 N–H and O–H groups in total. The third-order valence-electron chi connectivity index (χ3n) is 3.12. The van der Waals surface area contributed by atoms with Crippen molar-refractivity contribution >= 4 is 28.9 Å². The fourth-order valence-electron chi connectivity index (χ4n) is 1.98. The number of hydrogen-bond acceptors (Lipinski definition) is 4. The van der Waals surface area contributed by atoms with Crippen LogP contribution in [0.4, 0.5) is 11.4 Å². The predicted molar refractivity (Wildman–Crippen MR) is 84.1 cm³/mol. The molecule has 0 aliphatic carbocycles. The monoisotopic (exact) mass is 313 g/mol. The number of benzene rings is 1. The van der Waals surface area contributed by atoms with E-state index in [1.165, 1.54) is 12.1 Å². The minimum Gasteiger partial charge on any atom is -0.378 e. The molecule has 0 unspecified atom stereocenters. The van der Waals surface area contributed by atoms with Gasteiger partial charge in [-0.05, 0) is 26.3 Å². The van der Waals surface area contributed by atoms with Crippen LogP contribution in [0.2, 0.25) is 5.02 Å². The zero-order chi connectivity index (χ0) is 16.0. The zero-order valence-electron chi connectivity index (χ0n) is 12.5. The van der Waals surface area contributed by atoms with Gasteiger partial charge < -0.3 is 10.2 Å². The van der Waals surface area contributed by atoms with Crippen LogP contribution in [0.1, 0.15) is 37.6 Å². The van der Waals surface area contributed by atoms with E-state index in [2.05, 4.69) is 5.32 Å². The zero-order valence-corrected chi connectivity index (χ0v) is 13.2. The maximum absolute atomic E-state index is 12.3. The Morgan fingerprint density at radius 1 is 1.33 bits per heavy atom. The van der Waals surface area contributed by atoms with E-state index in [4.69, 9.17) is 11.6 Å². The number of nitrogens with zero attached hydrogens (tertiary/aromatic N) is 2. The Morgan fingerprint density at radius 2 is 1.95 bits per heavy atom. The fourth-order valence-corrected chi connectivity index (χ4v) is 2.26. The molecule has 0 aliphatic heterocycles. The minimum absolute atomic E-state index is 0.175. The van der Waals surface area contributed by atoms with Gasteiger partial charge in [-0.3, -0.25) is 14.9 Å². The molecular formula is C14H20ClN3O3. The van der Waals surface area contributed by atoms with Crippen LogP contribution in [-0.4, -0.2) is 35.4 Å². The van der Waals surface area contributed by atoms with Crippen molar-refractivity contribution in [1.29, 1.82) is 0 Å². The molecule has 0 saturated heterocycles. The third kappa shape index (κ3) is 4.07. The smallest absolute Gasteiger partial charge is 0.294 e. The molecule has 0 atom stereocenters. The van der Waals surface area contributed by atoms with Gasteiger partial charge in [0.05, 0.1) is 9.95 Å². The molecule has 1 aromatic carbocycles. The van der Waals surface area contributed by atoms with Crippen LogP contribution < -0.4 is 5.32 Å². The van der Waals surface area contributed by atoms with Gasteiger partial charge in [-0.2, -0.15) is 0 Å². The standard InChI is InChI=1S/C14H20ClN3O3/c1-4-7-16-13-11(15)8-10(9-12(13)18(20)21)14(19)17(5-2)6-3/h8-9,16H,4-7H2,1-3H3. The summed E-state index contributed by atoms with van der Waals surface area (Å²) in [7, 11) is 0. The molecule has 1 aromatic rings. The number of halogens is 1. The average Bonchev–Trinajstić information content (AvgIpc) is 2.46. The van der Waals surface area contributed by atoms with Gasteiger partial charge in [0.15, 0.2) is 0 Å². The van der Waals surface area contributed by atoms with Gasteiger partial charge in [0.1, 0.15) is 5.69 Å². The Hall–Kier alpha value is -1.82. The topological polar surface area (TPSA) is 75.5 Å². The highest BCUT2D eigenvalue weighted by molar-refractivity contribution is 6.34. The third-order valence-corrected chi connectivity index (χ3v) is 3.41. The summed E-state index contributed by atoms with van der Waals surface area (Å²) in [6, 6.07) is 2.76. The molecule has 0 fully saturated rings. The molecule has 116 valence electrons. The Labute approximate surface area is 129 Å². The van der Waals surface area contributed by atoms with Gasteiger partial charge in [-0.1, -0.05) is 18.5 Å². The van der Waals surface area contributed by atoms with Crippen LogP contribution >= 0.6 is 11.6 Å². The van der Waals surface area contributed by atoms with E-state index in [1.54, 1.807) is 4.90 Å². The number of carbonyl (C=O) groups is 1. The summed E-state index contributed by atoms with van der Waals surface area (Å²) in [5.74, 6) is -0.257. The quantitative estimate of drug-likeness (QED) is 0.617. The largest absolute Gasteiger partial charge is 0.378 e. The van der Waals surface area contributed by atoms with Crippen molar-refractivity contribution in [2.45, 2.75) is 27.2 Å². The molecule has 1 amide bonds. The van der Waals surface area contributed by atoms with Crippen molar-refractivity contribution in [2.24, 2.45) is 0 Å². The van der Waals surface area contributed by atoms with Crippen LogP contribution in [0.3, 0.4) is 0 Å². The highest BCUT2D eigenvalue weighted by Gasteiger charge is 2.23. The molecule has 0 radical (unpaired) electrons. The highest BCUT2D eigenvalue weighted by Crippen LogP contribution is 2.34. The first-order valence-corrected chi connectivity index (χ1v) is 7.35. The Morgan fingerprint density at radius 3 is 2.43 bits per heavy atom. The number of anilines is 1. The van der Waals surface area contributed by atoms with Crippen LogP contribution in [0, 0.1) is 10.1 Å².